The van der Waals surface area contributed by atoms with Crippen molar-refractivity contribution in [1.82, 2.24) is 14.5 Å². The molecule has 28 heavy (non-hydrogen) atoms. The molecule has 2 aromatic heterocycles. The Hall–Kier alpha value is -2.70. The summed E-state index contributed by atoms with van der Waals surface area (Å²) in [6, 6.07) is 6.90. The van der Waals surface area contributed by atoms with E-state index in [9.17, 15) is 9.59 Å². The fourth-order valence-electron chi connectivity index (χ4n) is 2.89. The van der Waals surface area contributed by atoms with Gasteiger partial charge in [0.1, 0.15) is 0 Å². The van der Waals surface area contributed by atoms with E-state index in [4.69, 9.17) is 27.9 Å². The highest BCUT2D eigenvalue weighted by Crippen LogP contribution is 2.26. The van der Waals surface area contributed by atoms with Gasteiger partial charge in [-0.05, 0) is 45.0 Å². The van der Waals surface area contributed by atoms with Gasteiger partial charge in [0.2, 0.25) is 5.78 Å². The third-order valence-corrected chi connectivity index (χ3v) is 4.60. The Morgan fingerprint density at radius 3 is 2.29 bits per heavy atom. The number of benzene rings is 1. The highest BCUT2D eigenvalue weighted by atomic mass is 35.5. The highest BCUT2D eigenvalue weighted by molar-refractivity contribution is 6.34. The second kappa shape index (κ2) is 8.12. The number of ketones is 1. The molecule has 144 valence electrons. The number of ether oxygens (including phenoxy) is 1. The molecule has 2 heterocycles. The fraction of sp³-hybridized carbons (Fsp3) is 0.200. The van der Waals surface area contributed by atoms with Gasteiger partial charge in [-0.25, -0.2) is 9.78 Å². The molecule has 8 heteroatoms. The molecule has 0 N–H and O–H groups in total. The van der Waals surface area contributed by atoms with Gasteiger partial charge in [0.05, 0.1) is 11.9 Å². The van der Waals surface area contributed by atoms with Crippen molar-refractivity contribution in [3.63, 3.8) is 0 Å². The number of rotatable bonds is 5. The number of carbonyl (C=O) groups excluding carboxylic acids is 2. The molecule has 0 saturated carbocycles. The minimum Gasteiger partial charge on any atom is -0.453 e. The number of carbonyl (C=O) groups is 2. The van der Waals surface area contributed by atoms with E-state index in [1.165, 1.54) is 12.4 Å². The first-order valence-electron chi connectivity index (χ1n) is 8.40. The lowest BCUT2D eigenvalue weighted by Gasteiger charge is -2.11. The summed E-state index contributed by atoms with van der Waals surface area (Å²) >= 11 is 12.2. The molecule has 0 atom stereocenters. The van der Waals surface area contributed by atoms with Gasteiger partial charge in [0.15, 0.2) is 12.3 Å². The molecule has 0 aliphatic heterocycles. The van der Waals surface area contributed by atoms with E-state index in [0.29, 0.717) is 27.0 Å². The Kier molecular flexibility index (Phi) is 5.82. The van der Waals surface area contributed by atoms with Crippen molar-refractivity contribution in [2.45, 2.75) is 20.8 Å². The molecular weight excluding hydrogens is 401 g/mol. The first-order valence-corrected chi connectivity index (χ1v) is 9.16. The maximum atomic E-state index is 12.6. The number of hydrogen-bond donors (Lipinski definition) is 0. The van der Waals surface area contributed by atoms with Gasteiger partial charge in [0, 0.05) is 38.9 Å². The molecule has 0 saturated heterocycles. The molecule has 3 aromatic rings. The molecular formula is C20H17Cl2N3O3. The van der Waals surface area contributed by atoms with Gasteiger partial charge in [-0.1, -0.05) is 23.2 Å². The minimum absolute atomic E-state index is 0.0532. The molecule has 0 amide bonds. The largest absolute Gasteiger partial charge is 0.453 e. The van der Waals surface area contributed by atoms with Crippen LogP contribution in [0.3, 0.4) is 0 Å². The second-order valence-electron chi connectivity index (χ2n) is 6.29. The summed E-state index contributed by atoms with van der Waals surface area (Å²) in [4.78, 5) is 32.6. The van der Waals surface area contributed by atoms with Gasteiger partial charge < -0.3 is 9.30 Å². The summed E-state index contributed by atoms with van der Waals surface area (Å²) in [5, 5.41) is 0.993. The van der Waals surface area contributed by atoms with Crippen LogP contribution >= 0.6 is 23.2 Å². The van der Waals surface area contributed by atoms with Crippen LogP contribution in [0.5, 0.6) is 0 Å². The Bertz CT molecular complexity index is 1040. The number of aryl methyl sites for hydroxylation is 2. The zero-order chi connectivity index (χ0) is 20.4. The quantitative estimate of drug-likeness (QED) is 0.449. The monoisotopic (exact) mass is 417 g/mol. The average molecular weight is 418 g/mol. The van der Waals surface area contributed by atoms with Gasteiger partial charge in [-0.15, -0.1) is 0 Å². The van der Waals surface area contributed by atoms with Crippen LogP contribution in [0, 0.1) is 20.8 Å². The molecule has 3 rings (SSSR count). The van der Waals surface area contributed by atoms with Gasteiger partial charge in [0.25, 0.3) is 0 Å². The fourth-order valence-corrected chi connectivity index (χ4v) is 3.41. The lowest BCUT2D eigenvalue weighted by Crippen LogP contribution is -2.16. The Morgan fingerprint density at radius 2 is 1.68 bits per heavy atom. The molecule has 6 nitrogen and oxygen atoms in total. The van der Waals surface area contributed by atoms with E-state index in [2.05, 4.69) is 9.97 Å². The predicted octanol–water partition coefficient (Wildman–Crippen LogP) is 4.54. The van der Waals surface area contributed by atoms with Crippen LogP contribution in [0.15, 0.2) is 36.7 Å². The Morgan fingerprint density at radius 1 is 1.00 bits per heavy atom. The van der Waals surface area contributed by atoms with Gasteiger partial charge in [-0.3, -0.25) is 9.78 Å². The van der Waals surface area contributed by atoms with Crippen molar-refractivity contribution in [3.8, 4) is 5.69 Å². The summed E-state index contributed by atoms with van der Waals surface area (Å²) < 4.78 is 6.96. The topological polar surface area (TPSA) is 74.1 Å². The zero-order valence-electron chi connectivity index (χ0n) is 15.5. The van der Waals surface area contributed by atoms with Gasteiger partial charge in [-0.2, -0.15) is 0 Å². The molecule has 0 spiro atoms. The summed E-state index contributed by atoms with van der Waals surface area (Å²) in [7, 11) is 0. The zero-order valence-corrected chi connectivity index (χ0v) is 17.0. The summed E-state index contributed by atoms with van der Waals surface area (Å²) in [6.45, 7) is 5.04. The van der Waals surface area contributed by atoms with E-state index < -0.39 is 12.6 Å². The van der Waals surface area contributed by atoms with Crippen LogP contribution < -0.4 is 0 Å². The number of Topliss-reactive ketones (excluding diaryl/α,β-unsaturated/α-hetero) is 1. The molecule has 0 aliphatic rings. The minimum atomic E-state index is -0.698. The van der Waals surface area contributed by atoms with Gasteiger partial charge >= 0.3 is 5.97 Å². The number of nitrogens with zero attached hydrogens (tertiary/aromatic N) is 3. The third-order valence-electron chi connectivity index (χ3n) is 4.16. The Balaban J connectivity index is 1.79. The molecule has 0 fully saturated rings. The van der Waals surface area contributed by atoms with Crippen molar-refractivity contribution >= 4 is 35.0 Å². The average Bonchev–Trinajstić information content (AvgIpc) is 2.93. The number of aromatic nitrogens is 3. The first-order chi connectivity index (χ1) is 13.3. The predicted molar refractivity (Wildman–Crippen MR) is 107 cm³/mol. The van der Waals surface area contributed by atoms with Crippen LogP contribution in [0.25, 0.3) is 5.69 Å². The first kappa shape index (κ1) is 20.0. The van der Waals surface area contributed by atoms with Crippen molar-refractivity contribution in [2.75, 3.05) is 6.61 Å². The second-order valence-corrected chi connectivity index (χ2v) is 7.16. The Labute approximate surface area is 172 Å². The van der Waals surface area contributed by atoms with E-state index >= 15 is 0 Å². The normalized spacial score (nSPS) is 10.8. The standard InChI is InChI=1S/C20H17Cl2N3O3/c1-11-8-24-18(9-23-11)20(27)28-10-19(26)17-4-12(2)25(13(17)3)16-6-14(21)5-15(22)7-16/h4-9H,10H2,1-3H3. The van der Waals surface area contributed by atoms with E-state index in [-0.39, 0.29) is 11.5 Å². The lowest BCUT2D eigenvalue weighted by molar-refractivity contribution is 0.0468. The molecule has 0 unspecified atom stereocenters. The molecule has 0 aliphatic carbocycles. The number of hydrogen-bond acceptors (Lipinski definition) is 5. The highest BCUT2D eigenvalue weighted by Gasteiger charge is 2.19. The summed E-state index contributed by atoms with van der Waals surface area (Å²) in [5.74, 6) is -1.02. The van der Waals surface area contributed by atoms with Crippen LogP contribution in [0.2, 0.25) is 10.0 Å². The van der Waals surface area contributed by atoms with Crippen molar-refractivity contribution in [3.05, 3.63) is 75.0 Å². The van der Waals surface area contributed by atoms with E-state index in [0.717, 1.165) is 11.4 Å². The number of esters is 1. The maximum absolute atomic E-state index is 12.6. The van der Waals surface area contributed by atoms with Crippen LogP contribution in [0.4, 0.5) is 0 Å². The molecule has 0 radical (unpaired) electrons. The molecule has 0 bridgehead atoms. The van der Waals surface area contributed by atoms with Crippen molar-refractivity contribution in [2.24, 2.45) is 0 Å². The van der Waals surface area contributed by atoms with Crippen LogP contribution in [-0.2, 0) is 4.74 Å². The van der Waals surface area contributed by atoms with Crippen LogP contribution in [-0.4, -0.2) is 32.9 Å². The van der Waals surface area contributed by atoms with Crippen LogP contribution in [0.1, 0.15) is 37.9 Å². The van der Waals surface area contributed by atoms with E-state index in [1.54, 1.807) is 31.2 Å². The lowest BCUT2D eigenvalue weighted by atomic mass is 10.1. The SMILES string of the molecule is Cc1cnc(C(=O)OCC(=O)c2cc(C)n(-c3cc(Cl)cc(Cl)c3)c2C)cn1. The third kappa shape index (κ3) is 4.24. The smallest absolute Gasteiger partial charge is 0.358 e. The molecule has 1 aromatic carbocycles. The van der Waals surface area contributed by atoms with Crippen molar-refractivity contribution < 1.29 is 14.3 Å². The van der Waals surface area contributed by atoms with E-state index in [1.807, 2.05) is 18.4 Å². The summed E-state index contributed by atoms with van der Waals surface area (Å²) in [5.41, 5.74) is 3.47. The maximum Gasteiger partial charge on any atom is 0.358 e. The number of halogens is 2. The van der Waals surface area contributed by atoms with Crippen molar-refractivity contribution in [1.29, 1.82) is 0 Å². The summed E-state index contributed by atoms with van der Waals surface area (Å²) in [6.07, 6.45) is 2.78.